The van der Waals surface area contributed by atoms with E-state index in [2.05, 4.69) is 20.5 Å². The van der Waals surface area contributed by atoms with E-state index < -0.39 is 5.25 Å². The summed E-state index contributed by atoms with van der Waals surface area (Å²) in [4.78, 5) is 17.0. The van der Waals surface area contributed by atoms with E-state index in [4.69, 9.17) is 9.47 Å². The Bertz CT molecular complexity index is 1230. The summed E-state index contributed by atoms with van der Waals surface area (Å²) in [5.74, 6) is 2.04. The zero-order valence-electron chi connectivity index (χ0n) is 19.1. The van der Waals surface area contributed by atoms with Gasteiger partial charge in [0.2, 0.25) is 5.91 Å². The first-order valence-corrected chi connectivity index (χ1v) is 11.7. The molecule has 9 heteroatoms. The number of carbonyl (C=O) groups excluding carboxylic acids is 1. The number of nitrogens with zero attached hydrogens (tertiary/aromatic N) is 4. The molecule has 1 atom stereocenters. The zero-order chi connectivity index (χ0) is 23.9. The standard InChI is InChI=1S/C25H25N5O3S/c1-4-33-22-9-5-19(6-10-22)27-24(31)17(2)34-25-29-28-23(18-13-15-26-16-14-18)30(25)20-7-11-21(32-3)12-8-20/h5-17H,4H2,1-3H3,(H,27,31). The quantitative estimate of drug-likeness (QED) is 0.346. The Morgan fingerprint density at radius 1 is 1.00 bits per heavy atom. The van der Waals surface area contributed by atoms with Gasteiger partial charge in [0, 0.05) is 29.3 Å². The number of carbonyl (C=O) groups is 1. The van der Waals surface area contributed by atoms with Crippen molar-refractivity contribution in [2.75, 3.05) is 19.0 Å². The molecule has 34 heavy (non-hydrogen) atoms. The Kier molecular flexibility index (Phi) is 7.44. The predicted molar refractivity (Wildman–Crippen MR) is 133 cm³/mol. The fourth-order valence-electron chi connectivity index (χ4n) is 3.25. The molecular weight excluding hydrogens is 450 g/mol. The molecule has 1 amide bonds. The normalized spacial score (nSPS) is 11.6. The summed E-state index contributed by atoms with van der Waals surface area (Å²) in [6.07, 6.45) is 3.42. The molecule has 4 rings (SSSR count). The van der Waals surface area contributed by atoms with Gasteiger partial charge in [-0.05, 0) is 74.5 Å². The summed E-state index contributed by atoms with van der Waals surface area (Å²) >= 11 is 1.33. The number of amides is 1. The third-order valence-corrected chi connectivity index (χ3v) is 6.03. The molecule has 0 aliphatic rings. The van der Waals surface area contributed by atoms with Crippen LogP contribution < -0.4 is 14.8 Å². The first-order chi connectivity index (χ1) is 16.6. The van der Waals surface area contributed by atoms with Crippen molar-refractivity contribution in [1.29, 1.82) is 0 Å². The summed E-state index contributed by atoms with van der Waals surface area (Å²) in [7, 11) is 1.63. The summed E-state index contributed by atoms with van der Waals surface area (Å²) in [6.45, 7) is 4.36. The number of thioether (sulfide) groups is 1. The van der Waals surface area contributed by atoms with Gasteiger partial charge in [0.15, 0.2) is 11.0 Å². The van der Waals surface area contributed by atoms with Crippen LogP contribution in [0.5, 0.6) is 11.5 Å². The van der Waals surface area contributed by atoms with Crippen LogP contribution in [0.3, 0.4) is 0 Å². The Morgan fingerprint density at radius 3 is 2.32 bits per heavy atom. The molecule has 0 saturated carbocycles. The Morgan fingerprint density at radius 2 is 1.68 bits per heavy atom. The van der Waals surface area contributed by atoms with Crippen molar-refractivity contribution in [3.63, 3.8) is 0 Å². The van der Waals surface area contributed by atoms with Gasteiger partial charge >= 0.3 is 0 Å². The summed E-state index contributed by atoms with van der Waals surface area (Å²) in [6, 6.07) is 18.7. The van der Waals surface area contributed by atoms with E-state index in [0.717, 1.165) is 22.7 Å². The highest BCUT2D eigenvalue weighted by molar-refractivity contribution is 8.00. The molecule has 8 nitrogen and oxygen atoms in total. The number of methoxy groups -OCH3 is 1. The highest BCUT2D eigenvalue weighted by atomic mass is 32.2. The van der Waals surface area contributed by atoms with Gasteiger partial charge in [-0.3, -0.25) is 14.3 Å². The van der Waals surface area contributed by atoms with Gasteiger partial charge in [-0.25, -0.2) is 0 Å². The minimum Gasteiger partial charge on any atom is -0.497 e. The molecule has 2 heterocycles. The number of hydrogen-bond donors (Lipinski definition) is 1. The first kappa shape index (κ1) is 23.3. The smallest absolute Gasteiger partial charge is 0.237 e. The molecule has 2 aromatic carbocycles. The van der Waals surface area contributed by atoms with Crippen molar-refractivity contribution < 1.29 is 14.3 Å². The lowest BCUT2D eigenvalue weighted by molar-refractivity contribution is -0.115. The van der Waals surface area contributed by atoms with Gasteiger partial charge in [0.25, 0.3) is 0 Å². The Hall–Kier alpha value is -3.85. The molecule has 1 N–H and O–H groups in total. The van der Waals surface area contributed by atoms with E-state index >= 15 is 0 Å². The average Bonchev–Trinajstić information content (AvgIpc) is 3.29. The number of rotatable bonds is 9. The number of aromatic nitrogens is 4. The summed E-state index contributed by atoms with van der Waals surface area (Å²) in [5, 5.41) is 11.9. The minimum absolute atomic E-state index is 0.135. The van der Waals surface area contributed by atoms with Crippen molar-refractivity contribution in [3.8, 4) is 28.6 Å². The van der Waals surface area contributed by atoms with Crippen molar-refractivity contribution >= 4 is 23.4 Å². The van der Waals surface area contributed by atoms with Crippen molar-refractivity contribution in [2.45, 2.75) is 24.3 Å². The van der Waals surface area contributed by atoms with Crippen LogP contribution in [0.25, 0.3) is 17.1 Å². The van der Waals surface area contributed by atoms with Crippen LogP contribution in [0.15, 0.2) is 78.2 Å². The van der Waals surface area contributed by atoms with Crippen LogP contribution in [0.4, 0.5) is 5.69 Å². The van der Waals surface area contributed by atoms with Crippen LogP contribution in [-0.4, -0.2) is 44.6 Å². The third-order valence-electron chi connectivity index (χ3n) is 4.99. The van der Waals surface area contributed by atoms with Crippen LogP contribution >= 0.6 is 11.8 Å². The van der Waals surface area contributed by atoms with Gasteiger partial charge < -0.3 is 14.8 Å². The molecule has 0 radical (unpaired) electrons. The fourth-order valence-corrected chi connectivity index (χ4v) is 4.12. The van der Waals surface area contributed by atoms with Crippen LogP contribution in [0, 0.1) is 0 Å². The topological polar surface area (TPSA) is 91.2 Å². The largest absolute Gasteiger partial charge is 0.497 e. The highest BCUT2D eigenvalue weighted by Crippen LogP contribution is 2.31. The number of hydrogen-bond acceptors (Lipinski definition) is 7. The van der Waals surface area contributed by atoms with Crippen LogP contribution in [-0.2, 0) is 4.79 Å². The molecule has 0 fully saturated rings. The Balaban J connectivity index is 1.58. The molecule has 0 saturated heterocycles. The summed E-state index contributed by atoms with van der Waals surface area (Å²) < 4.78 is 12.7. The number of ether oxygens (including phenoxy) is 2. The maximum Gasteiger partial charge on any atom is 0.237 e. The lowest BCUT2D eigenvalue weighted by atomic mass is 10.2. The average molecular weight is 476 g/mol. The van der Waals surface area contributed by atoms with E-state index in [1.807, 2.05) is 79.1 Å². The van der Waals surface area contributed by atoms with E-state index in [-0.39, 0.29) is 5.91 Å². The SMILES string of the molecule is CCOc1ccc(NC(=O)C(C)Sc2nnc(-c3ccncc3)n2-c2ccc(OC)cc2)cc1. The second-order valence-corrected chi connectivity index (χ2v) is 8.59. The maximum atomic E-state index is 12.9. The van der Waals surface area contributed by atoms with E-state index in [0.29, 0.717) is 23.3 Å². The Labute approximate surface area is 202 Å². The predicted octanol–water partition coefficient (Wildman–Crippen LogP) is 4.86. The lowest BCUT2D eigenvalue weighted by Crippen LogP contribution is -2.22. The van der Waals surface area contributed by atoms with Crippen molar-refractivity contribution in [2.24, 2.45) is 0 Å². The number of pyridine rings is 1. The van der Waals surface area contributed by atoms with Gasteiger partial charge in [-0.1, -0.05) is 11.8 Å². The molecular formula is C25H25N5O3S. The van der Waals surface area contributed by atoms with E-state index in [1.165, 1.54) is 11.8 Å². The molecule has 0 spiro atoms. The maximum absolute atomic E-state index is 12.9. The third kappa shape index (κ3) is 5.37. The van der Waals surface area contributed by atoms with E-state index in [1.54, 1.807) is 19.5 Å². The monoisotopic (exact) mass is 475 g/mol. The van der Waals surface area contributed by atoms with Crippen LogP contribution in [0.2, 0.25) is 0 Å². The van der Waals surface area contributed by atoms with E-state index in [9.17, 15) is 4.79 Å². The first-order valence-electron chi connectivity index (χ1n) is 10.8. The fraction of sp³-hybridized carbons (Fsp3) is 0.200. The second kappa shape index (κ2) is 10.8. The van der Waals surface area contributed by atoms with Gasteiger partial charge in [-0.2, -0.15) is 0 Å². The molecule has 0 aliphatic heterocycles. The molecule has 0 bridgehead atoms. The molecule has 2 aromatic heterocycles. The zero-order valence-corrected chi connectivity index (χ0v) is 20.0. The molecule has 174 valence electrons. The second-order valence-electron chi connectivity index (χ2n) is 7.28. The summed E-state index contributed by atoms with van der Waals surface area (Å²) in [5.41, 5.74) is 2.44. The number of anilines is 1. The lowest BCUT2D eigenvalue weighted by Gasteiger charge is -2.14. The highest BCUT2D eigenvalue weighted by Gasteiger charge is 2.22. The number of benzene rings is 2. The minimum atomic E-state index is -0.418. The van der Waals surface area contributed by atoms with Gasteiger partial charge in [-0.15, -0.1) is 10.2 Å². The molecule has 1 unspecified atom stereocenters. The molecule has 4 aromatic rings. The van der Waals surface area contributed by atoms with Gasteiger partial charge in [0.1, 0.15) is 11.5 Å². The van der Waals surface area contributed by atoms with Crippen molar-refractivity contribution in [3.05, 3.63) is 73.1 Å². The molecule has 0 aliphatic carbocycles. The number of nitrogens with one attached hydrogen (secondary N) is 1. The van der Waals surface area contributed by atoms with Crippen LogP contribution in [0.1, 0.15) is 13.8 Å². The van der Waals surface area contributed by atoms with Gasteiger partial charge in [0.05, 0.1) is 19.0 Å². The van der Waals surface area contributed by atoms with Crippen molar-refractivity contribution in [1.82, 2.24) is 19.7 Å².